The monoisotopic (exact) mass is 468 g/mol. The first-order valence-electron chi connectivity index (χ1n) is 9.92. The lowest BCUT2D eigenvalue weighted by Gasteiger charge is -2.09. The molecule has 12 heteroatoms. The Labute approximate surface area is 189 Å². The molecule has 0 radical (unpaired) electrons. The number of nitrogens with zero attached hydrogens (tertiary/aromatic N) is 6. The van der Waals surface area contributed by atoms with E-state index < -0.39 is 17.3 Å². The van der Waals surface area contributed by atoms with Crippen molar-refractivity contribution in [3.05, 3.63) is 82.9 Å². The molecule has 0 aliphatic heterocycles. The maximum absolute atomic E-state index is 13.1. The number of hydrogen-bond donors (Lipinski definition) is 0. The normalized spacial score (nSPS) is 11.8. The number of ether oxygens (including phenoxy) is 1. The van der Waals surface area contributed by atoms with Crippen molar-refractivity contribution in [2.24, 2.45) is 0 Å². The summed E-state index contributed by atoms with van der Waals surface area (Å²) in [6, 6.07) is 11.8. The summed E-state index contributed by atoms with van der Waals surface area (Å²) < 4.78 is 52.2. The van der Waals surface area contributed by atoms with Crippen LogP contribution in [0.25, 0.3) is 28.1 Å². The maximum Gasteiger partial charge on any atom is 0.416 e. The average Bonchev–Trinajstić information content (AvgIpc) is 3.48. The molecule has 0 unspecified atom stereocenters. The fourth-order valence-corrected chi connectivity index (χ4v) is 3.47. The third-order valence-corrected chi connectivity index (χ3v) is 5.09. The van der Waals surface area contributed by atoms with Gasteiger partial charge in [0.05, 0.1) is 30.1 Å². The van der Waals surface area contributed by atoms with E-state index in [1.165, 1.54) is 41.0 Å². The third kappa shape index (κ3) is 3.78. The highest BCUT2D eigenvalue weighted by Crippen LogP contribution is 2.30. The first-order chi connectivity index (χ1) is 16.3. The van der Waals surface area contributed by atoms with Crippen LogP contribution in [0.1, 0.15) is 11.5 Å². The molecule has 9 nitrogen and oxygen atoms in total. The summed E-state index contributed by atoms with van der Waals surface area (Å²) in [4.78, 5) is 21.5. The second kappa shape index (κ2) is 8.14. The number of para-hydroxylation sites is 1. The predicted molar refractivity (Wildman–Crippen MR) is 114 cm³/mol. The summed E-state index contributed by atoms with van der Waals surface area (Å²) in [5, 5.41) is 8.14. The molecule has 3 aromatic heterocycles. The van der Waals surface area contributed by atoms with Gasteiger partial charge in [-0.3, -0.25) is 9.36 Å². The van der Waals surface area contributed by atoms with E-state index in [1.54, 1.807) is 18.2 Å². The van der Waals surface area contributed by atoms with Crippen LogP contribution in [0.4, 0.5) is 13.2 Å². The molecule has 0 fully saturated rings. The van der Waals surface area contributed by atoms with Crippen LogP contribution in [0.15, 0.2) is 70.4 Å². The molecule has 0 atom stereocenters. The van der Waals surface area contributed by atoms with E-state index in [0.717, 1.165) is 12.1 Å². The highest BCUT2D eigenvalue weighted by Gasteiger charge is 2.30. The van der Waals surface area contributed by atoms with Crippen molar-refractivity contribution in [1.82, 2.24) is 29.5 Å². The maximum atomic E-state index is 13.1. The lowest BCUT2D eigenvalue weighted by molar-refractivity contribution is -0.137. The fraction of sp³-hybridized carbons (Fsp3) is 0.136. The molecule has 0 spiro atoms. The molecule has 0 amide bonds. The SMILES string of the molecule is COc1ccccc1-c1noc(Cn2cnc3c(cnn3-c3cccc(C(F)(F)F)c3)c2=O)n1. The molecule has 2 aromatic carbocycles. The lowest BCUT2D eigenvalue weighted by atomic mass is 10.2. The van der Waals surface area contributed by atoms with Crippen molar-refractivity contribution < 1.29 is 22.4 Å². The highest BCUT2D eigenvalue weighted by molar-refractivity contribution is 5.75. The number of methoxy groups -OCH3 is 1. The summed E-state index contributed by atoms with van der Waals surface area (Å²) in [7, 11) is 1.53. The standard InChI is InChI=1S/C22H15F3N6O3/c1-33-17-8-3-2-7-15(17)19-28-18(34-29-19)11-30-12-26-20-16(21(30)32)10-27-31(20)14-6-4-5-13(9-14)22(23,24)25/h2-10,12H,11H2,1H3. The van der Waals surface area contributed by atoms with Gasteiger partial charge >= 0.3 is 6.18 Å². The molecule has 34 heavy (non-hydrogen) atoms. The Morgan fingerprint density at radius 2 is 1.94 bits per heavy atom. The van der Waals surface area contributed by atoms with Gasteiger partial charge in [-0.2, -0.15) is 23.3 Å². The van der Waals surface area contributed by atoms with Gasteiger partial charge in [0, 0.05) is 0 Å². The van der Waals surface area contributed by atoms with Gasteiger partial charge in [-0.05, 0) is 30.3 Å². The zero-order valence-electron chi connectivity index (χ0n) is 17.5. The molecule has 5 rings (SSSR count). The summed E-state index contributed by atoms with van der Waals surface area (Å²) >= 11 is 0. The van der Waals surface area contributed by atoms with E-state index >= 15 is 0 Å². The highest BCUT2D eigenvalue weighted by atomic mass is 19.4. The summed E-state index contributed by atoms with van der Waals surface area (Å²) in [6.45, 7) is -0.0569. The molecule has 172 valence electrons. The quantitative estimate of drug-likeness (QED) is 0.388. The van der Waals surface area contributed by atoms with Gasteiger partial charge in [-0.15, -0.1) is 0 Å². The molecule has 0 saturated carbocycles. The number of alkyl halides is 3. The number of halogens is 3. The van der Waals surface area contributed by atoms with Gasteiger partial charge < -0.3 is 9.26 Å². The largest absolute Gasteiger partial charge is 0.496 e. The van der Waals surface area contributed by atoms with Crippen molar-refractivity contribution in [2.75, 3.05) is 7.11 Å². The van der Waals surface area contributed by atoms with Crippen molar-refractivity contribution in [2.45, 2.75) is 12.7 Å². The van der Waals surface area contributed by atoms with Crippen LogP contribution >= 0.6 is 0 Å². The summed E-state index contributed by atoms with van der Waals surface area (Å²) in [5.41, 5.74) is -0.401. The van der Waals surface area contributed by atoms with Crippen LogP contribution in [0.2, 0.25) is 0 Å². The first-order valence-corrected chi connectivity index (χ1v) is 9.92. The predicted octanol–water partition coefficient (Wildman–Crippen LogP) is 3.71. The molecular weight excluding hydrogens is 453 g/mol. The van der Waals surface area contributed by atoms with Gasteiger partial charge in [0.25, 0.3) is 5.56 Å². The van der Waals surface area contributed by atoms with Crippen molar-refractivity contribution in [3.8, 4) is 22.8 Å². The molecule has 0 N–H and O–H groups in total. The van der Waals surface area contributed by atoms with Crippen LogP contribution in [-0.4, -0.2) is 36.6 Å². The van der Waals surface area contributed by atoms with Crippen LogP contribution < -0.4 is 10.3 Å². The number of fused-ring (bicyclic) bond motifs is 1. The van der Waals surface area contributed by atoms with E-state index in [2.05, 4.69) is 20.2 Å². The number of aromatic nitrogens is 6. The van der Waals surface area contributed by atoms with E-state index in [9.17, 15) is 18.0 Å². The molecule has 3 heterocycles. The Bertz CT molecular complexity index is 1550. The minimum atomic E-state index is -4.51. The van der Waals surface area contributed by atoms with Gasteiger partial charge in [0.2, 0.25) is 11.7 Å². The molecule has 0 bridgehead atoms. The van der Waals surface area contributed by atoms with E-state index in [-0.39, 0.29) is 29.2 Å². The van der Waals surface area contributed by atoms with Crippen molar-refractivity contribution >= 4 is 11.0 Å². The smallest absolute Gasteiger partial charge is 0.416 e. The van der Waals surface area contributed by atoms with Crippen LogP contribution in [0.3, 0.4) is 0 Å². The second-order valence-corrected chi connectivity index (χ2v) is 7.23. The van der Waals surface area contributed by atoms with Gasteiger partial charge in [0.15, 0.2) is 5.65 Å². The molecule has 0 aliphatic carbocycles. The minimum absolute atomic E-state index is 0.0569. The van der Waals surface area contributed by atoms with Gasteiger partial charge in [-0.25, -0.2) is 9.67 Å². The van der Waals surface area contributed by atoms with Crippen molar-refractivity contribution in [1.29, 1.82) is 0 Å². The number of hydrogen-bond acceptors (Lipinski definition) is 7. The van der Waals surface area contributed by atoms with Crippen molar-refractivity contribution in [3.63, 3.8) is 0 Å². The third-order valence-electron chi connectivity index (χ3n) is 5.09. The summed E-state index contributed by atoms with van der Waals surface area (Å²) in [6.07, 6.45) is -2.00. The Hall–Kier alpha value is -4.48. The van der Waals surface area contributed by atoms with Crippen LogP contribution in [0.5, 0.6) is 5.75 Å². The Morgan fingerprint density at radius 1 is 1.12 bits per heavy atom. The van der Waals surface area contributed by atoms with E-state index in [1.807, 2.05) is 6.07 Å². The fourth-order valence-electron chi connectivity index (χ4n) is 3.47. The van der Waals surface area contributed by atoms with Crippen LogP contribution in [0, 0.1) is 0 Å². The summed E-state index contributed by atoms with van der Waals surface area (Å²) in [5.74, 6) is 1.03. The Kier molecular flexibility index (Phi) is 5.11. The first kappa shape index (κ1) is 21.4. The van der Waals surface area contributed by atoms with Crippen LogP contribution in [-0.2, 0) is 12.7 Å². The second-order valence-electron chi connectivity index (χ2n) is 7.23. The zero-order chi connectivity index (χ0) is 23.9. The Balaban J connectivity index is 1.47. The molecule has 0 saturated heterocycles. The molecule has 0 aliphatic rings. The number of benzene rings is 2. The van der Waals surface area contributed by atoms with Gasteiger partial charge in [0.1, 0.15) is 24.0 Å². The minimum Gasteiger partial charge on any atom is -0.496 e. The van der Waals surface area contributed by atoms with E-state index in [0.29, 0.717) is 17.1 Å². The number of rotatable bonds is 5. The van der Waals surface area contributed by atoms with Gasteiger partial charge in [-0.1, -0.05) is 23.4 Å². The average molecular weight is 468 g/mol. The topological polar surface area (TPSA) is 101 Å². The lowest BCUT2D eigenvalue weighted by Crippen LogP contribution is -2.21. The zero-order valence-corrected chi connectivity index (χ0v) is 17.5. The molecular formula is C22H15F3N6O3. The Morgan fingerprint density at radius 3 is 2.74 bits per heavy atom. The molecule has 5 aromatic rings. The van der Waals surface area contributed by atoms with E-state index in [4.69, 9.17) is 9.26 Å².